The van der Waals surface area contributed by atoms with Crippen LogP contribution in [0.3, 0.4) is 0 Å². The minimum absolute atomic E-state index is 0.324. The van der Waals surface area contributed by atoms with E-state index in [2.05, 4.69) is 10.6 Å². The molecule has 0 spiro atoms. The van der Waals surface area contributed by atoms with Gasteiger partial charge in [0.15, 0.2) is 0 Å². The Hall–Kier alpha value is -2.44. The highest BCUT2D eigenvalue weighted by Crippen LogP contribution is 2.26. The number of carbonyl (C=O) groups excluding carboxylic acids is 2. The zero-order valence-electron chi connectivity index (χ0n) is 14.4. The van der Waals surface area contributed by atoms with Crippen LogP contribution in [0.4, 0.5) is 26.7 Å². The molecule has 1 aromatic carbocycles. The molecule has 2 amide bonds. The molecule has 0 aromatic heterocycles. The van der Waals surface area contributed by atoms with E-state index in [-0.39, 0.29) is 0 Å². The molecule has 0 fully saturated rings. The van der Waals surface area contributed by atoms with Crippen LogP contribution in [0.15, 0.2) is 18.2 Å². The molecule has 0 saturated carbocycles. The van der Waals surface area contributed by atoms with Crippen molar-refractivity contribution in [1.29, 1.82) is 0 Å². The van der Waals surface area contributed by atoms with Gasteiger partial charge in [0.1, 0.15) is 11.2 Å². The molecule has 1 rings (SSSR count). The number of carbonyl (C=O) groups is 2. The number of benzene rings is 1. The van der Waals surface area contributed by atoms with Crippen LogP contribution >= 0.6 is 0 Å². The van der Waals surface area contributed by atoms with E-state index in [9.17, 15) is 9.59 Å². The Kier molecular flexibility index (Phi) is 5.47. The Morgan fingerprint density at radius 2 is 1.30 bits per heavy atom. The van der Waals surface area contributed by atoms with Crippen LogP contribution in [-0.4, -0.2) is 23.4 Å². The van der Waals surface area contributed by atoms with Gasteiger partial charge in [0, 0.05) is 5.69 Å². The summed E-state index contributed by atoms with van der Waals surface area (Å²) in [6, 6.07) is 4.70. The first-order valence-electron chi connectivity index (χ1n) is 7.25. The van der Waals surface area contributed by atoms with E-state index in [1.165, 1.54) is 6.07 Å². The molecule has 0 atom stereocenters. The zero-order valence-corrected chi connectivity index (χ0v) is 14.4. The van der Waals surface area contributed by atoms with Crippen LogP contribution in [0.25, 0.3) is 0 Å². The van der Waals surface area contributed by atoms with Crippen molar-refractivity contribution >= 4 is 29.2 Å². The number of ether oxygens (including phenoxy) is 2. The number of hydrogen-bond donors (Lipinski definition) is 3. The van der Waals surface area contributed by atoms with E-state index >= 15 is 0 Å². The molecule has 0 heterocycles. The molecular formula is C16H25N3O4. The summed E-state index contributed by atoms with van der Waals surface area (Å²) < 4.78 is 10.4. The Balaban J connectivity index is 2.89. The number of nitrogens with two attached hydrogens (primary N) is 1. The monoisotopic (exact) mass is 323 g/mol. The molecule has 7 nitrogen and oxygen atoms in total. The maximum absolute atomic E-state index is 11.9. The first kappa shape index (κ1) is 18.6. The van der Waals surface area contributed by atoms with Gasteiger partial charge in [-0.15, -0.1) is 0 Å². The Morgan fingerprint density at radius 1 is 0.870 bits per heavy atom. The van der Waals surface area contributed by atoms with E-state index in [1.807, 2.05) is 0 Å². The van der Waals surface area contributed by atoms with Crippen LogP contribution in [0.2, 0.25) is 0 Å². The largest absolute Gasteiger partial charge is 0.444 e. The number of nitrogens with one attached hydrogen (secondary N) is 2. The Bertz CT molecular complexity index is 586. The molecular weight excluding hydrogens is 298 g/mol. The van der Waals surface area contributed by atoms with Crippen molar-refractivity contribution in [2.24, 2.45) is 0 Å². The third-order valence-electron chi connectivity index (χ3n) is 2.31. The van der Waals surface area contributed by atoms with Gasteiger partial charge in [0.25, 0.3) is 0 Å². The summed E-state index contributed by atoms with van der Waals surface area (Å²) in [7, 11) is 0. The normalized spacial score (nSPS) is 11.6. The Morgan fingerprint density at radius 3 is 1.74 bits per heavy atom. The number of anilines is 3. The zero-order chi connectivity index (χ0) is 17.8. The fourth-order valence-electron chi connectivity index (χ4n) is 1.60. The second-order valence-electron chi connectivity index (χ2n) is 7.06. The summed E-state index contributed by atoms with van der Waals surface area (Å²) in [6.45, 7) is 10.5. The summed E-state index contributed by atoms with van der Waals surface area (Å²) in [4.78, 5) is 23.8. The first-order chi connectivity index (χ1) is 10.4. The predicted octanol–water partition coefficient (Wildman–Crippen LogP) is 3.96. The van der Waals surface area contributed by atoms with E-state index in [1.54, 1.807) is 53.7 Å². The SMILES string of the molecule is CC(C)(C)OC(=O)Nc1ccc(N)cc1NC(=O)OC(C)(C)C. The van der Waals surface area contributed by atoms with Crippen LogP contribution < -0.4 is 16.4 Å². The minimum atomic E-state index is -0.643. The van der Waals surface area contributed by atoms with Crippen molar-refractivity contribution in [3.63, 3.8) is 0 Å². The number of hydrogen-bond acceptors (Lipinski definition) is 5. The third kappa shape index (κ3) is 7.39. The van der Waals surface area contributed by atoms with Gasteiger partial charge in [-0.2, -0.15) is 0 Å². The van der Waals surface area contributed by atoms with E-state index in [0.717, 1.165) is 0 Å². The van der Waals surface area contributed by atoms with Crippen molar-refractivity contribution in [3.05, 3.63) is 18.2 Å². The fraction of sp³-hybridized carbons (Fsp3) is 0.500. The van der Waals surface area contributed by atoms with Gasteiger partial charge in [-0.3, -0.25) is 10.6 Å². The van der Waals surface area contributed by atoms with Crippen molar-refractivity contribution in [2.75, 3.05) is 16.4 Å². The van der Waals surface area contributed by atoms with Crippen molar-refractivity contribution in [1.82, 2.24) is 0 Å². The molecule has 0 unspecified atom stereocenters. The Labute approximate surface area is 136 Å². The van der Waals surface area contributed by atoms with Gasteiger partial charge in [-0.1, -0.05) is 0 Å². The fourth-order valence-corrected chi connectivity index (χ4v) is 1.60. The maximum atomic E-state index is 11.9. The molecule has 0 aliphatic carbocycles. The molecule has 1 aromatic rings. The van der Waals surface area contributed by atoms with E-state index in [4.69, 9.17) is 15.2 Å². The smallest absolute Gasteiger partial charge is 0.412 e. The van der Waals surface area contributed by atoms with Gasteiger partial charge in [-0.25, -0.2) is 9.59 Å². The first-order valence-corrected chi connectivity index (χ1v) is 7.25. The standard InChI is InChI=1S/C16H25N3O4/c1-15(2,3)22-13(20)18-11-8-7-10(17)9-12(11)19-14(21)23-16(4,5)6/h7-9H,17H2,1-6H3,(H,18,20)(H,19,21). The average molecular weight is 323 g/mol. The maximum Gasteiger partial charge on any atom is 0.412 e. The molecule has 23 heavy (non-hydrogen) atoms. The molecule has 0 aliphatic heterocycles. The van der Waals surface area contributed by atoms with Crippen LogP contribution in [0.1, 0.15) is 41.5 Å². The van der Waals surface area contributed by atoms with Crippen molar-refractivity contribution in [3.8, 4) is 0 Å². The molecule has 4 N–H and O–H groups in total. The van der Waals surface area contributed by atoms with Gasteiger partial charge >= 0.3 is 12.2 Å². The van der Waals surface area contributed by atoms with Crippen molar-refractivity contribution < 1.29 is 19.1 Å². The van der Waals surface area contributed by atoms with Crippen molar-refractivity contribution in [2.45, 2.75) is 52.7 Å². The summed E-state index contributed by atoms with van der Waals surface area (Å²) in [6.07, 6.45) is -1.27. The van der Waals surface area contributed by atoms with Crippen LogP contribution in [-0.2, 0) is 9.47 Å². The minimum Gasteiger partial charge on any atom is -0.444 e. The summed E-state index contributed by atoms with van der Waals surface area (Å²) in [5, 5.41) is 5.14. The van der Waals surface area contributed by atoms with Gasteiger partial charge in [0.2, 0.25) is 0 Å². The van der Waals surface area contributed by atoms with E-state index in [0.29, 0.717) is 17.1 Å². The average Bonchev–Trinajstić information content (AvgIpc) is 2.27. The second-order valence-corrected chi connectivity index (χ2v) is 7.06. The number of amides is 2. The lowest BCUT2D eigenvalue weighted by Gasteiger charge is -2.22. The molecule has 0 bridgehead atoms. The van der Waals surface area contributed by atoms with Gasteiger partial charge in [0.05, 0.1) is 11.4 Å². The molecule has 7 heteroatoms. The highest BCUT2D eigenvalue weighted by molar-refractivity contribution is 5.96. The molecule has 0 saturated heterocycles. The molecule has 128 valence electrons. The topological polar surface area (TPSA) is 103 Å². The number of rotatable bonds is 2. The van der Waals surface area contributed by atoms with Crippen LogP contribution in [0.5, 0.6) is 0 Å². The lowest BCUT2D eigenvalue weighted by Crippen LogP contribution is -2.29. The quantitative estimate of drug-likeness (QED) is 0.715. The highest BCUT2D eigenvalue weighted by atomic mass is 16.6. The van der Waals surface area contributed by atoms with E-state index < -0.39 is 23.4 Å². The lowest BCUT2D eigenvalue weighted by molar-refractivity contribution is 0.0621. The van der Waals surface area contributed by atoms with Gasteiger partial charge < -0.3 is 15.2 Å². The predicted molar refractivity (Wildman–Crippen MR) is 90.6 cm³/mol. The molecule has 0 radical (unpaired) electrons. The second kappa shape index (κ2) is 6.76. The summed E-state index contributed by atoms with van der Waals surface area (Å²) in [5.41, 5.74) is 5.58. The highest BCUT2D eigenvalue weighted by Gasteiger charge is 2.20. The summed E-state index contributed by atoms with van der Waals surface area (Å²) in [5.74, 6) is 0. The summed E-state index contributed by atoms with van der Waals surface area (Å²) >= 11 is 0. The molecule has 0 aliphatic rings. The van der Waals surface area contributed by atoms with Crippen LogP contribution in [0, 0.1) is 0 Å². The van der Waals surface area contributed by atoms with Gasteiger partial charge in [-0.05, 0) is 59.7 Å². The lowest BCUT2D eigenvalue weighted by atomic mass is 10.2. The third-order valence-corrected chi connectivity index (χ3v) is 2.31. The number of nitrogen functional groups attached to an aromatic ring is 1.